The third-order valence-electron chi connectivity index (χ3n) is 5.00. The summed E-state index contributed by atoms with van der Waals surface area (Å²) >= 11 is 4.31. The second kappa shape index (κ2) is 8.66. The van der Waals surface area contributed by atoms with E-state index in [2.05, 4.69) is 38.2 Å². The first-order valence-corrected chi connectivity index (χ1v) is 10.1. The lowest BCUT2D eigenvalue weighted by atomic mass is 10.2. The number of hydrogen-bond acceptors (Lipinski definition) is 7. The van der Waals surface area contributed by atoms with Crippen LogP contribution in [0.3, 0.4) is 0 Å². The van der Waals surface area contributed by atoms with Gasteiger partial charge in [-0.15, -0.1) is 0 Å². The predicted molar refractivity (Wildman–Crippen MR) is 115 cm³/mol. The molecule has 0 atom stereocenters. The number of aryl methyl sites for hydroxylation is 1. The Balaban J connectivity index is 1.53. The fourth-order valence-corrected chi connectivity index (χ4v) is 3.57. The number of carbonyl (C=O) groups excluding carboxylic acids is 2. The molecule has 3 heterocycles. The largest absolute Gasteiger partial charge is 0.370 e. The highest BCUT2D eigenvalue weighted by molar-refractivity contribution is 7.82. The fraction of sp³-hybridized carbons (Fsp3) is 0.368. The van der Waals surface area contributed by atoms with E-state index < -0.39 is 0 Å². The fourth-order valence-electron chi connectivity index (χ4n) is 3.40. The van der Waals surface area contributed by atoms with Crippen molar-refractivity contribution < 1.29 is 9.59 Å². The average molecular weight is 427 g/mol. The van der Waals surface area contributed by atoms with Crippen molar-refractivity contribution in [2.75, 3.05) is 4.31 Å². The number of nitrogens with zero attached hydrogens (tertiary/aromatic N) is 6. The van der Waals surface area contributed by atoms with Crippen molar-refractivity contribution in [2.24, 2.45) is 5.73 Å². The maximum absolute atomic E-state index is 12.5. The van der Waals surface area contributed by atoms with Gasteiger partial charge in [0.25, 0.3) is 0 Å². The Hall–Kier alpha value is -3.21. The number of pyridine rings is 1. The minimum atomic E-state index is -0.387. The standard InChI is InChI=1S/C19H22N8O2S/c20-16(28)7-8-26-11-12(9-22-26)15-10-21-14-5-6-17(25-18(14)24-15)27(30)19(29)23-13-3-1-2-4-13/h5-6,9-11,13,30H,1-4,7-8H2,(H2,20,28)(H,23,29). The molecule has 4 rings (SSSR count). The zero-order valence-corrected chi connectivity index (χ0v) is 17.1. The highest BCUT2D eigenvalue weighted by Gasteiger charge is 2.21. The maximum Gasteiger partial charge on any atom is 0.333 e. The number of primary amides is 1. The van der Waals surface area contributed by atoms with Gasteiger partial charge in [-0.2, -0.15) is 5.10 Å². The number of nitrogens with two attached hydrogens (primary N) is 1. The van der Waals surface area contributed by atoms with Crippen molar-refractivity contribution in [2.45, 2.75) is 44.7 Å². The highest BCUT2D eigenvalue weighted by Crippen LogP contribution is 2.22. The Labute approximate surface area is 178 Å². The molecule has 30 heavy (non-hydrogen) atoms. The summed E-state index contributed by atoms with van der Waals surface area (Å²) in [6.07, 6.45) is 9.47. The Morgan fingerprint density at radius 3 is 2.80 bits per heavy atom. The molecular weight excluding hydrogens is 404 g/mol. The maximum atomic E-state index is 12.5. The van der Waals surface area contributed by atoms with Crippen LogP contribution in [0.2, 0.25) is 0 Å². The second-order valence-electron chi connectivity index (χ2n) is 7.22. The summed E-state index contributed by atoms with van der Waals surface area (Å²) in [5.41, 5.74) is 7.49. The Bertz CT molecular complexity index is 1080. The third-order valence-corrected chi connectivity index (χ3v) is 5.39. The normalized spacial score (nSPS) is 14.2. The van der Waals surface area contributed by atoms with Crippen LogP contribution < -0.4 is 15.4 Å². The van der Waals surface area contributed by atoms with Gasteiger partial charge in [0.15, 0.2) is 5.65 Å². The average Bonchev–Trinajstić information content (AvgIpc) is 3.43. The van der Waals surface area contributed by atoms with Crippen LogP contribution in [-0.2, 0) is 11.3 Å². The van der Waals surface area contributed by atoms with E-state index in [4.69, 9.17) is 5.73 Å². The number of nitrogens with one attached hydrogen (secondary N) is 1. The van der Waals surface area contributed by atoms with Crippen LogP contribution in [0.1, 0.15) is 32.1 Å². The number of rotatable bonds is 6. The van der Waals surface area contributed by atoms with Crippen LogP contribution in [0.25, 0.3) is 22.4 Å². The van der Waals surface area contributed by atoms with E-state index in [-0.39, 0.29) is 24.4 Å². The van der Waals surface area contributed by atoms with Gasteiger partial charge >= 0.3 is 6.03 Å². The van der Waals surface area contributed by atoms with Crippen molar-refractivity contribution >= 4 is 41.7 Å². The van der Waals surface area contributed by atoms with Crippen LogP contribution in [-0.4, -0.2) is 42.7 Å². The van der Waals surface area contributed by atoms with Gasteiger partial charge in [0.05, 0.1) is 18.1 Å². The van der Waals surface area contributed by atoms with E-state index >= 15 is 0 Å². The minimum Gasteiger partial charge on any atom is -0.370 e. The monoisotopic (exact) mass is 426 g/mol. The molecule has 1 saturated carbocycles. The number of anilines is 1. The lowest BCUT2D eigenvalue weighted by Crippen LogP contribution is -2.40. The molecule has 0 unspecified atom stereocenters. The molecule has 0 aromatic carbocycles. The Morgan fingerprint density at radius 1 is 1.23 bits per heavy atom. The molecule has 0 bridgehead atoms. The zero-order chi connectivity index (χ0) is 21.1. The lowest BCUT2D eigenvalue weighted by Gasteiger charge is -2.19. The van der Waals surface area contributed by atoms with Gasteiger partial charge in [-0.25, -0.2) is 19.1 Å². The van der Waals surface area contributed by atoms with Crippen molar-refractivity contribution in [3.8, 4) is 11.3 Å². The van der Waals surface area contributed by atoms with E-state index in [1.807, 2.05) is 0 Å². The van der Waals surface area contributed by atoms with E-state index in [0.29, 0.717) is 29.2 Å². The molecule has 3 aromatic heterocycles. The number of thiol groups is 1. The van der Waals surface area contributed by atoms with E-state index in [0.717, 1.165) is 31.2 Å². The van der Waals surface area contributed by atoms with Gasteiger partial charge in [0, 0.05) is 30.8 Å². The third kappa shape index (κ3) is 4.51. The molecule has 0 radical (unpaired) electrons. The molecule has 1 aliphatic rings. The molecule has 0 spiro atoms. The van der Waals surface area contributed by atoms with Gasteiger partial charge in [-0.3, -0.25) is 14.5 Å². The van der Waals surface area contributed by atoms with Gasteiger partial charge in [0.2, 0.25) is 5.91 Å². The summed E-state index contributed by atoms with van der Waals surface area (Å²) in [6.45, 7) is 0.392. The molecule has 156 valence electrons. The van der Waals surface area contributed by atoms with Gasteiger partial charge < -0.3 is 11.1 Å². The molecule has 3 amide bonds. The van der Waals surface area contributed by atoms with Crippen LogP contribution in [0.5, 0.6) is 0 Å². The SMILES string of the molecule is NC(=O)CCn1cc(-c2cnc3ccc(N(S)C(=O)NC4CCCC4)nc3n2)cn1. The summed E-state index contributed by atoms with van der Waals surface area (Å²) in [7, 11) is 0. The molecule has 0 aliphatic heterocycles. The Morgan fingerprint density at radius 2 is 2.03 bits per heavy atom. The lowest BCUT2D eigenvalue weighted by molar-refractivity contribution is -0.118. The first-order valence-electron chi connectivity index (χ1n) is 9.74. The van der Waals surface area contributed by atoms with Crippen molar-refractivity contribution in [1.29, 1.82) is 0 Å². The van der Waals surface area contributed by atoms with Crippen molar-refractivity contribution in [1.82, 2.24) is 30.0 Å². The van der Waals surface area contributed by atoms with Crippen molar-refractivity contribution in [3.05, 3.63) is 30.7 Å². The molecule has 1 fully saturated rings. The van der Waals surface area contributed by atoms with Crippen LogP contribution in [0, 0.1) is 0 Å². The first-order chi connectivity index (χ1) is 14.5. The number of carbonyl (C=O) groups is 2. The number of hydrogen-bond donors (Lipinski definition) is 3. The zero-order valence-electron chi connectivity index (χ0n) is 16.2. The molecule has 3 N–H and O–H groups in total. The van der Waals surface area contributed by atoms with Gasteiger partial charge in [0.1, 0.15) is 11.3 Å². The highest BCUT2D eigenvalue weighted by atomic mass is 32.1. The summed E-state index contributed by atoms with van der Waals surface area (Å²) in [5.74, 6) is -0.0208. The van der Waals surface area contributed by atoms with Crippen molar-refractivity contribution in [3.63, 3.8) is 0 Å². The summed E-state index contributed by atoms with van der Waals surface area (Å²) in [6, 6.07) is 3.30. The summed E-state index contributed by atoms with van der Waals surface area (Å²) in [4.78, 5) is 36.8. The van der Waals surface area contributed by atoms with E-state index in [9.17, 15) is 9.59 Å². The Kier molecular flexibility index (Phi) is 5.79. The van der Waals surface area contributed by atoms with Gasteiger partial charge in [-0.1, -0.05) is 25.7 Å². The van der Waals surface area contributed by atoms with E-state index in [1.165, 1.54) is 4.31 Å². The molecule has 10 nitrogen and oxygen atoms in total. The topological polar surface area (TPSA) is 132 Å². The van der Waals surface area contributed by atoms with E-state index in [1.54, 1.807) is 35.4 Å². The number of fused-ring (bicyclic) bond motifs is 1. The van der Waals surface area contributed by atoms with Crippen LogP contribution in [0.4, 0.5) is 10.6 Å². The number of amides is 3. The smallest absolute Gasteiger partial charge is 0.333 e. The van der Waals surface area contributed by atoms with Crippen LogP contribution >= 0.6 is 12.8 Å². The summed E-state index contributed by atoms with van der Waals surface area (Å²) < 4.78 is 2.81. The number of urea groups is 1. The molecule has 1 aliphatic carbocycles. The quantitative estimate of drug-likeness (QED) is 0.517. The molecule has 11 heteroatoms. The number of aromatic nitrogens is 5. The molecule has 3 aromatic rings. The first kappa shape index (κ1) is 20.1. The predicted octanol–water partition coefficient (Wildman–Crippen LogP) is 2.07. The minimum absolute atomic E-state index is 0.185. The molecular formula is C19H22N8O2S. The van der Waals surface area contributed by atoms with Crippen LogP contribution in [0.15, 0.2) is 30.7 Å². The summed E-state index contributed by atoms with van der Waals surface area (Å²) in [5, 5.41) is 7.19. The second-order valence-corrected chi connectivity index (χ2v) is 7.62. The molecule has 0 saturated heterocycles. The van der Waals surface area contributed by atoms with Gasteiger partial charge in [-0.05, 0) is 25.0 Å².